The van der Waals surface area contributed by atoms with Gasteiger partial charge < -0.3 is 14.6 Å². The molecule has 168 valence electrons. The van der Waals surface area contributed by atoms with Gasteiger partial charge in [-0.15, -0.1) is 0 Å². The first-order valence-corrected chi connectivity index (χ1v) is 11.3. The lowest BCUT2D eigenvalue weighted by molar-refractivity contribution is -0.137. The van der Waals surface area contributed by atoms with Crippen LogP contribution >= 0.6 is 0 Å². The molecule has 1 aliphatic rings. The number of H-pyrrole nitrogens is 1. The fourth-order valence-electron chi connectivity index (χ4n) is 4.50. The van der Waals surface area contributed by atoms with Crippen LogP contribution in [0, 0.1) is 0 Å². The summed E-state index contributed by atoms with van der Waals surface area (Å²) in [6.45, 7) is 0.517. The van der Waals surface area contributed by atoms with Crippen LogP contribution in [0.25, 0.3) is 10.9 Å². The van der Waals surface area contributed by atoms with Crippen molar-refractivity contribution < 1.29 is 19.4 Å². The minimum atomic E-state index is -0.788. The van der Waals surface area contributed by atoms with E-state index in [0.717, 1.165) is 46.4 Å². The predicted octanol–water partition coefficient (Wildman–Crippen LogP) is 5.66. The summed E-state index contributed by atoms with van der Waals surface area (Å²) < 4.78 is 12.4. The van der Waals surface area contributed by atoms with Gasteiger partial charge in [-0.2, -0.15) is 5.10 Å². The number of aliphatic carboxylic acids is 1. The Morgan fingerprint density at radius 1 is 1.15 bits per heavy atom. The molecule has 1 aliphatic heterocycles. The molecular formula is C27H26N2O4. The Hall–Kier alpha value is -3.80. The van der Waals surface area contributed by atoms with E-state index < -0.39 is 5.97 Å². The largest absolute Gasteiger partial charge is 0.493 e. The molecule has 5 rings (SSSR count). The van der Waals surface area contributed by atoms with Gasteiger partial charge in [0.15, 0.2) is 0 Å². The van der Waals surface area contributed by atoms with Gasteiger partial charge in [-0.3, -0.25) is 9.89 Å². The van der Waals surface area contributed by atoms with Crippen molar-refractivity contribution in [1.29, 1.82) is 0 Å². The third-order valence-electron chi connectivity index (χ3n) is 6.22. The van der Waals surface area contributed by atoms with Crippen molar-refractivity contribution in [3.63, 3.8) is 0 Å². The molecule has 3 aromatic carbocycles. The fraction of sp³-hybridized carbons (Fsp3) is 0.259. The highest BCUT2D eigenvalue weighted by Gasteiger charge is 2.25. The van der Waals surface area contributed by atoms with Crippen LogP contribution in [-0.2, 0) is 11.2 Å². The number of hydrogen-bond acceptors (Lipinski definition) is 4. The van der Waals surface area contributed by atoms with Crippen LogP contribution in [0.1, 0.15) is 48.0 Å². The lowest BCUT2D eigenvalue weighted by atomic mass is 9.90. The number of carboxylic acids is 1. The zero-order valence-electron chi connectivity index (χ0n) is 18.2. The van der Waals surface area contributed by atoms with Gasteiger partial charge in [0.25, 0.3) is 0 Å². The minimum absolute atomic E-state index is 0.0299. The number of benzene rings is 3. The van der Waals surface area contributed by atoms with E-state index in [1.165, 1.54) is 5.56 Å². The monoisotopic (exact) mass is 442 g/mol. The van der Waals surface area contributed by atoms with Gasteiger partial charge in [-0.05, 0) is 54.2 Å². The molecule has 33 heavy (non-hydrogen) atoms. The van der Waals surface area contributed by atoms with E-state index in [0.29, 0.717) is 13.0 Å². The van der Waals surface area contributed by atoms with E-state index in [4.69, 9.17) is 9.47 Å². The van der Waals surface area contributed by atoms with E-state index in [2.05, 4.69) is 46.6 Å². The molecule has 2 atom stereocenters. The summed E-state index contributed by atoms with van der Waals surface area (Å²) in [5.41, 5.74) is 4.28. The van der Waals surface area contributed by atoms with Crippen LogP contribution in [-0.4, -0.2) is 27.9 Å². The second-order valence-corrected chi connectivity index (χ2v) is 8.48. The molecule has 4 aromatic rings. The molecule has 6 nitrogen and oxygen atoms in total. The van der Waals surface area contributed by atoms with Crippen molar-refractivity contribution in [2.45, 2.75) is 37.7 Å². The van der Waals surface area contributed by atoms with Gasteiger partial charge in [0.05, 0.1) is 24.7 Å². The number of carbonyl (C=O) groups is 1. The Bertz CT molecular complexity index is 1250. The van der Waals surface area contributed by atoms with E-state index in [1.54, 1.807) is 0 Å². The van der Waals surface area contributed by atoms with E-state index in [1.807, 2.05) is 36.5 Å². The predicted molar refractivity (Wildman–Crippen MR) is 126 cm³/mol. The van der Waals surface area contributed by atoms with Crippen LogP contribution in [0.15, 0.2) is 72.9 Å². The van der Waals surface area contributed by atoms with Crippen molar-refractivity contribution in [3.05, 3.63) is 89.6 Å². The first kappa shape index (κ1) is 21.1. The smallest absolute Gasteiger partial charge is 0.303 e. The molecule has 0 saturated heterocycles. The molecular weight excluding hydrogens is 416 g/mol. The average molecular weight is 443 g/mol. The molecule has 1 aromatic heterocycles. The summed E-state index contributed by atoms with van der Waals surface area (Å²) in [6, 6.07) is 22.4. The van der Waals surface area contributed by atoms with E-state index in [-0.39, 0.29) is 18.4 Å². The second kappa shape index (κ2) is 9.36. The van der Waals surface area contributed by atoms with Crippen molar-refractivity contribution >= 4 is 16.9 Å². The topological polar surface area (TPSA) is 84.4 Å². The summed E-state index contributed by atoms with van der Waals surface area (Å²) in [4.78, 5) is 11.2. The molecule has 0 aliphatic carbocycles. The SMILES string of the molecule is O=C(O)CC1CCOc2cc(OC(CCc3ccccc3)c3ccc4[nH]ncc4c3)ccc21. The van der Waals surface area contributed by atoms with Crippen molar-refractivity contribution in [2.75, 3.05) is 6.61 Å². The average Bonchev–Trinajstić information content (AvgIpc) is 3.30. The van der Waals surface area contributed by atoms with Gasteiger partial charge in [0, 0.05) is 17.4 Å². The van der Waals surface area contributed by atoms with Crippen molar-refractivity contribution in [1.82, 2.24) is 10.2 Å². The summed E-state index contributed by atoms with van der Waals surface area (Å²) >= 11 is 0. The number of fused-ring (bicyclic) bond motifs is 2. The van der Waals surface area contributed by atoms with Crippen LogP contribution in [0.2, 0.25) is 0 Å². The van der Waals surface area contributed by atoms with E-state index in [9.17, 15) is 9.90 Å². The van der Waals surface area contributed by atoms with Gasteiger partial charge in [-0.1, -0.05) is 42.5 Å². The Kier molecular flexibility index (Phi) is 5.98. The molecule has 2 unspecified atom stereocenters. The molecule has 2 N–H and O–H groups in total. The van der Waals surface area contributed by atoms with Crippen LogP contribution < -0.4 is 9.47 Å². The van der Waals surface area contributed by atoms with Crippen LogP contribution in [0.3, 0.4) is 0 Å². The van der Waals surface area contributed by atoms with Crippen LogP contribution in [0.5, 0.6) is 11.5 Å². The number of aromatic amines is 1. The number of nitrogens with zero attached hydrogens (tertiary/aromatic N) is 1. The minimum Gasteiger partial charge on any atom is -0.493 e. The molecule has 0 spiro atoms. The number of aryl methyl sites for hydroxylation is 1. The van der Waals surface area contributed by atoms with Crippen molar-refractivity contribution in [2.24, 2.45) is 0 Å². The number of hydrogen-bond donors (Lipinski definition) is 2. The third-order valence-corrected chi connectivity index (χ3v) is 6.22. The highest BCUT2D eigenvalue weighted by Crippen LogP contribution is 2.39. The standard InChI is InChI=1S/C27H26N2O4/c30-27(31)15-19-12-13-32-26-16-22(8-9-23(19)26)33-25(11-6-18-4-2-1-3-5-18)20-7-10-24-21(14-20)17-28-29-24/h1-5,7-10,14,16-17,19,25H,6,11-13,15H2,(H,28,29)(H,30,31). The van der Waals surface area contributed by atoms with Gasteiger partial charge >= 0.3 is 5.97 Å². The Balaban J connectivity index is 1.41. The second-order valence-electron chi connectivity index (χ2n) is 8.48. The number of ether oxygens (including phenoxy) is 2. The van der Waals surface area contributed by atoms with Gasteiger partial charge in [0.2, 0.25) is 0 Å². The number of aromatic nitrogens is 2. The molecule has 0 saturated carbocycles. The normalized spacial score (nSPS) is 16.1. The summed E-state index contributed by atoms with van der Waals surface area (Å²) in [6.07, 6.45) is 4.19. The molecule has 0 fully saturated rings. The first-order valence-electron chi connectivity index (χ1n) is 11.3. The van der Waals surface area contributed by atoms with Gasteiger partial charge in [-0.25, -0.2) is 0 Å². The zero-order chi connectivity index (χ0) is 22.6. The first-order chi connectivity index (χ1) is 16.2. The Morgan fingerprint density at radius 2 is 2.03 bits per heavy atom. The molecule has 0 bridgehead atoms. The van der Waals surface area contributed by atoms with E-state index >= 15 is 0 Å². The number of carboxylic acid groups (broad SMARTS) is 1. The molecule has 2 heterocycles. The zero-order valence-corrected chi connectivity index (χ0v) is 18.2. The summed E-state index contributed by atoms with van der Waals surface area (Å²) in [5, 5.41) is 17.4. The van der Waals surface area contributed by atoms with Crippen LogP contribution in [0.4, 0.5) is 0 Å². The number of nitrogens with one attached hydrogen (secondary N) is 1. The van der Waals surface area contributed by atoms with Crippen molar-refractivity contribution in [3.8, 4) is 11.5 Å². The Labute approximate surface area is 192 Å². The maximum atomic E-state index is 11.2. The summed E-state index contributed by atoms with van der Waals surface area (Å²) in [7, 11) is 0. The lowest BCUT2D eigenvalue weighted by Crippen LogP contribution is -2.17. The van der Waals surface area contributed by atoms with Gasteiger partial charge in [0.1, 0.15) is 17.6 Å². The third kappa shape index (κ3) is 4.85. The Morgan fingerprint density at radius 3 is 2.88 bits per heavy atom. The quantitative estimate of drug-likeness (QED) is 0.368. The maximum Gasteiger partial charge on any atom is 0.303 e. The molecule has 0 amide bonds. The fourth-order valence-corrected chi connectivity index (χ4v) is 4.50. The summed E-state index contributed by atoms with van der Waals surface area (Å²) in [5.74, 6) is 0.619. The number of rotatable bonds is 8. The maximum absolute atomic E-state index is 11.2. The molecule has 6 heteroatoms. The lowest BCUT2D eigenvalue weighted by Gasteiger charge is -2.26. The highest BCUT2D eigenvalue weighted by atomic mass is 16.5. The molecule has 0 radical (unpaired) electrons. The highest BCUT2D eigenvalue weighted by molar-refractivity contribution is 5.78.